The van der Waals surface area contributed by atoms with Crippen LogP contribution in [0.2, 0.25) is 0 Å². The lowest BCUT2D eigenvalue weighted by Gasteiger charge is -2.30. The predicted molar refractivity (Wildman–Crippen MR) is 188 cm³/mol. The number of nitrogens with two attached hydrogens (primary N) is 3. The molecule has 0 saturated carbocycles. The van der Waals surface area contributed by atoms with E-state index in [0.29, 0.717) is 51.6 Å². The molecule has 46 heavy (non-hydrogen) atoms. The first kappa shape index (κ1) is 30.0. The monoisotopic (exact) mass is 608 g/mol. The second-order valence-electron chi connectivity index (χ2n) is 11.1. The summed E-state index contributed by atoms with van der Waals surface area (Å²) in [6, 6.07) is 40.5. The molecule has 0 aliphatic rings. The zero-order chi connectivity index (χ0) is 32.2. The summed E-state index contributed by atoms with van der Waals surface area (Å²) in [5, 5.41) is 0. The molecule has 0 atom stereocenters. The minimum Gasteiger partial charge on any atom is -0.455 e. The van der Waals surface area contributed by atoms with Gasteiger partial charge in [-0.2, -0.15) is 0 Å². The third-order valence-electron chi connectivity index (χ3n) is 7.58. The standard InChI is InChI=1S/C39H36N4O3/c1-25-22-28(40)16-19-34(25)44-37-13-7-4-10-31(37)43(32-11-5-8-14-38(32)45-35-20-17-29(41)23-26(35)2)33-12-6-9-15-39(33)46-36-21-18-30(42)24-27(36)3/h4-24H,40-42H2,1-3H3. The molecule has 0 aromatic heterocycles. The van der Waals surface area contributed by atoms with Gasteiger partial charge in [-0.15, -0.1) is 0 Å². The molecule has 6 aromatic rings. The predicted octanol–water partition coefficient (Wildman–Crippen LogP) is 10.2. The van der Waals surface area contributed by atoms with E-state index in [9.17, 15) is 0 Å². The summed E-state index contributed by atoms with van der Waals surface area (Å²) in [6.45, 7) is 5.92. The van der Waals surface area contributed by atoms with E-state index >= 15 is 0 Å². The summed E-state index contributed by atoms with van der Waals surface area (Å²) < 4.78 is 19.8. The van der Waals surface area contributed by atoms with Crippen molar-refractivity contribution in [1.82, 2.24) is 0 Å². The molecule has 7 nitrogen and oxygen atoms in total. The lowest BCUT2D eigenvalue weighted by atomic mass is 10.1. The summed E-state index contributed by atoms with van der Waals surface area (Å²) in [4.78, 5) is 2.09. The van der Waals surface area contributed by atoms with Crippen LogP contribution in [-0.2, 0) is 0 Å². The van der Waals surface area contributed by atoms with Gasteiger partial charge in [0.25, 0.3) is 0 Å². The molecule has 0 aliphatic heterocycles. The third-order valence-corrected chi connectivity index (χ3v) is 7.58. The van der Waals surface area contributed by atoms with Crippen LogP contribution in [0.3, 0.4) is 0 Å². The van der Waals surface area contributed by atoms with Gasteiger partial charge in [-0.3, -0.25) is 4.90 Å². The van der Waals surface area contributed by atoms with E-state index < -0.39 is 0 Å². The van der Waals surface area contributed by atoms with E-state index in [-0.39, 0.29) is 0 Å². The van der Waals surface area contributed by atoms with Crippen molar-refractivity contribution in [3.05, 3.63) is 144 Å². The van der Waals surface area contributed by atoms with E-state index in [4.69, 9.17) is 31.4 Å². The fourth-order valence-electron chi connectivity index (χ4n) is 5.29. The Balaban J connectivity index is 1.53. The Kier molecular flexibility index (Phi) is 8.39. The number of hydrogen-bond donors (Lipinski definition) is 3. The van der Waals surface area contributed by atoms with Gasteiger partial charge in [0.2, 0.25) is 0 Å². The maximum atomic E-state index is 6.59. The molecular weight excluding hydrogens is 572 g/mol. The number of benzene rings is 6. The Morgan fingerprint density at radius 2 is 0.652 bits per heavy atom. The van der Waals surface area contributed by atoms with E-state index in [1.807, 2.05) is 148 Å². The van der Waals surface area contributed by atoms with Crippen LogP contribution in [0.15, 0.2) is 127 Å². The molecule has 6 N–H and O–H groups in total. The van der Waals surface area contributed by atoms with Crippen molar-refractivity contribution in [3.63, 3.8) is 0 Å². The Morgan fingerprint density at radius 1 is 0.370 bits per heavy atom. The van der Waals surface area contributed by atoms with E-state index in [1.165, 1.54) is 0 Å². The SMILES string of the molecule is Cc1cc(N)ccc1Oc1ccccc1N(c1ccccc1Oc1ccc(N)cc1C)c1ccccc1Oc1ccc(N)cc1C. The number of nitrogen functional groups attached to an aromatic ring is 3. The van der Waals surface area contributed by atoms with Crippen molar-refractivity contribution in [2.45, 2.75) is 20.8 Å². The van der Waals surface area contributed by atoms with Crippen LogP contribution in [-0.4, -0.2) is 0 Å². The fraction of sp³-hybridized carbons (Fsp3) is 0.0769. The largest absolute Gasteiger partial charge is 0.455 e. The maximum Gasteiger partial charge on any atom is 0.151 e. The van der Waals surface area contributed by atoms with Crippen LogP contribution in [0.4, 0.5) is 34.1 Å². The molecule has 0 unspecified atom stereocenters. The normalized spacial score (nSPS) is 10.8. The number of anilines is 6. The molecule has 0 saturated heterocycles. The lowest BCUT2D eigenvalue weighted by molar-refractivity contribution is 0.473. The first-order valence-electron chi connectivity index (χ1n) is 15.0. The number of ether oxygens (including phenoxy) is 3. The van der Waals surface area contributed by atoms with Gasteiger partial charge in [0, 0.05) is 17.1 Å². The van der Waals surface area contributed by atoms with Gasteiger partial charge < -0.3 is 31.4 Å². The molecule has 0 bridgehead atoms. The van der Waals surface area contributed by atoms with E-state index in [0.717, 1.165) is 33.8 Å². The molecular formula is C39H36N4O3. The second kappa shape index (κ2) is 12.9. The molecule has 0 amide bonds. The van der Waals surface area contributed by atoms with Gasteiger partial charge in [-0.1, -0.05) is 36.4 Å². The van der Waals surface area contributed by atoms with Crippen molar-refractivity contribution in [2.75, 3.05) is 22.1 Å². The number of rotatable bonds is 9. The summed E-state index contributed by atoms with van der Waals surface area (Å²) in [5.74, 6) is 3.99. The van der Waals surface area contributed by atoms with Crippen LogP contribution in [0.1, 0.15) is 16.7 Å². The van der Waals surface area contributed by atoms with Crippen LogP contribution < -0.4 is 36.3 Å². The lowest BCUT2D eigenvalue weighted by Crippen LogP contribution is -2.13. The second-order valence-corrected chi connectivity index (χ2v) is 11.1. The van der Waals surface area contributed by atoms with Gasteiger partial charge in [-0.25, -0.2) is 0 Å². The number of hydrogen-bond acceptors (Lipinski definition) is 7. The highest BCUT2D eigenvalue weighted by Gasteiger charge is 2.24. The average molecular weight is 609 g/mol. The molecule has 0 radical (unpaired) electrons. The molecule has 0 fully saturated rings. The highest BCUT2D eigenvalue weighted by molar-refractivity contribution is 5.86. The third kappa shape index (κ3) is 6.39. The zero-order valence-corrected chi connectivity index (χ0v) is 26.0. The summed E-state index contributed by atoms with van der Waals surface area (Å²) >= 11 is 0. The van der Waals surface area contributed by atoms with Gasteiger partial charge in [-0.05, 0) is 128 Å². The fourth-order valence-corrected chi connectivity index (χ4v) is 5.29. The zero-order valence-electron chi connectivity index (χ0n) is 26.0. The number of aryl methyl sites for hydroxylation is 3. The van der Waals surface area contributed by atoms with Crippen LogP contribution in [0, 0.1) is 20.8 Å². The maximum absolute atomic E-state index is 6.59. The highest BCUT2D eigenvalue weighted by Crippen LogP contribution is 2.49. The molecule has 7 heteroatoms. The minimum atomic E-state index is 0.632. The smallest absolute Gasteiger partial charge is 0.151 e. The Morgan fingerprint density at radius 3 is 0.935 bits per heavy atom. The highest BCUT2D eigenvalue weighted by atomic mass is 16.5. The number of para-hydroxylation sites is 6. The molecule has 230 valence electrons. The Bertz CT molecular complexity index is 1790. The van der Waals surface area contributed by atoms with Crippen LogP contribution in [0.25, 0.3) is 0 Å². The molecule has 6 aromatic carbocycles. The summed E-state index contributed by atoms with van der Waals surface area (Å²) in [5.41, 5.74) is 25.2. The van der Waals surface area contributed by atoms with Crippen molar-refractivity contribution in [2.24, 2.45) is 0 Å². The summed E-state index contributed by atoms with van der Waals surface area (Å²) in [6.07, 6.45) is 0. The van der Waals surface area contributed by atoms with Gasteiger partial charge in [0.05, 0.1) is 17.1 Å². The molecule has 6 rings (SSSR count). The van der Waals surface area contributed by atoms with Gasteiger partial charge in [0.1, 0.15) is 17.2 Å². The van der Waals surface area contributed by atoms with E-state index in [2.05, 4.69) is 4.90 Å². The van der Waals surface area contributed by atoms with Gasteiger partial charge >= 0.3 is 0 Å². The minimum absolute atomic E-state index is 0.632. The van der Waals surface area contributed by atoms with Gasteiger partial charge in [0.15, 0.2) is 17.2 Å². The van der Waals surface area contributed by atoms with Crippen molar-refractivity contribution in [1.29, 1.82) is 0 Å². The molecule has 0 heterocycles. The first-order chi connectivity index (χ1) is 22.3. The quantitative estimate of drug-likeness (QED) is 0.140. The molecule has 0 spiro atoms. The molecule has 0 aliphatic carbocycles. The van der Waals surface area contributed by atoms with Crippen LogP contribution >= 0.6 is 0 Å². The van der Waals surface area contributed by atoms with E-state index in [1.54, 1.807) is 0 Å². The Hall–Kier alpha value is -6.08. The topological polar surface area (TPSA) is 109 Å². The average Bonchev–Trinajstić information content (AvgIpc) is 3.03. The number of nitrogens with zero attached hydrogens (tertiary/aromatic N) is 1. The summed E-state index contributed by atoms with van der Waals surface area (Å²) in [7, 11) is 0. The van der Waals surface area contributed by atoms with Crippen molar-refractivity contribution >= 4 is 34.1 Å². The Labute approximate surface area is 269 Å². The van der Waals surface area contributed by atoms with Crippen molar-refractivity contribution < 1.29 is 14.2 Å². The first-order valence-corrected chi connectivity index (χ1v) is 15.0. The van der Waals surface area contributed by atoms with Crippen molar-refractivity contribution in [3.8, 4) is 34.5 Å². The van der Waals surface area contributed by atoms with Crippen LogP contribution in [0.5, 0.6) is 34.5 Å².